The van der Waals surface area contributed by atoms with Gasteiger partial charge in [0, 0.05) is 28.4 Å². The van der Waals surface area contributed by atoms with Gasteiger partial charge in [0.1, 0.15) is 18.0 Å². The van der Waals surface area contributed by atoms with E-state index in [1.54, 1.807) is 12.4 Å². The van der Waals surface area contributed by atoms with Gasteiger partial charge < -0.3 is 9.84 Å². The molecule has 0 radical (unpaired) electrons. The summed E-state index contributed by atoms with van der Waals surface area (Å²) in [5.74, 6) is 7.83. The maximum Gasteiger partial charge on any atom is 0.311 e. The Morgan fingerprint density at radius 3 is 2.68 bits per heavy atom. The molecular formula is C25H30N2O3S. The number of hydrogen-bond acceptors (Lipinski definition) is 5. The number of carboxylic acid groups (broad SMARTS) is 1. The van der Waals surface area contributed by atoms with Crippen molar-refractivity contribution in [1.82, 2.24) is 9.97 Å². The number of rotatable bonds is 8. The number of unbranched alkanes of at least 4 members (excludes halogenated alkanes) is 3. The van der Waals surface area contributed by atoms with Crippen LogP contribution in [0, 0.1) is 11.8 Å². The number of thioether (sulfide) groups is 1. The van der Waals surface area contributed by atoms with E-state index in [9.17, 15) is 4.79 Å². The number of aliphatic carboxylic acids is 1. The molecule has 164 valence electrons. The number of nitrogens with zero attached hydrogens (tertiary/aromatic N) is 2. The molecule has 0 fully saturated rings. The normalized spacial score (nSPS) is 14.2. The van der Waals surface area contributed by atoms with Crippen LogP contribution in [-0.4, -0.2) is 33.4 Å². The Morgan fingerprint density at radius 2 is 1.97 bits per heavy atom. The van der Waals surface area contributed by atoms with Crippen LogP contribution in [-0.2, 0) is 16.6 Å². The molecule has 5 nitrogen and oxygen atoms in total. The van der Waals surface area contributed by atoms with E-state index in [-0.39, 0.29) is 17.7 Å². The van der Waals surface area contributed by atoms with E-state index in [0.29, 0.717) is 5.56 Å². The van der Waals surface area contributed by atoms with Crippen LogP contribution in [0.5, 0.6) is 5.75 Å². The minimum absolute atomic E-state index is 0.0515. The fourth-order valence-corrected chi connectivity index (χ4v) is 4.50. The summed E-state index contributed by atoms with van der Waals surface area (Å²) in [6, 6.07) is 4.33. The summed E-state index contributed by atoms with van der Waals surface area (Å²) < 4.78 is 5.98. The molecule has 1 aromatic heterocycles. The molecule has 0 bridgehead atoms. The number of benzene rings is 1. The molecule has 0 saturated carbocycles. The highest BCUT2D eigenvalue weighted by Gasteiger charge is 2.29. The summed E-state index contributed by atoms with van der Waals surface area (Å²) >= 11 is 1.84. The van der Waals surface area contributed by atoms with Crippen molar-refractivity contribution >= 4 is 17.7 Å². The van der Waals surface area contributed by atoms with Crippen molar-refractivity contribution in [3.05, 3.63) is 47.0 Å². The Bertz CT molecular complexity index is 975. The van der Waals surface area contributed by atoms with Crippen LogP contribution in [0.3, 0.4) is 0 Å². The Balaban J connectivity index is 1.86. The quantitative estimate of drug-likeness (QED) is 0.345. The van der Waals surface area contributed by atoms with E-state index in [4.69, 9.17) is 9.84 Å². The van der Waals surface area contributed by atoms with Gasteiger partial charge in [-0.1, -0.05) is 51.9 Å². The van der Waals surface area contributed by atoms with E-state index in [0.717, 1.165) is 35.0 Å². The minimum Gasteiger partial charge on any atom is -0.493 e. The van der Waals surface area contributed by atoms with Crippen LogP contribution in [0.2, 0.25) is 0 Å². The molecule has 6 heteroatoms. The van der Waals surface area contributed by atoms with E-state index < -0.39 is 5.97 Å². The first-order chi connectivity index (χ1) is 14.9. The first-order valence-corrected chi connectivity index (χ1v) is 11.9. The SMILES string of the molecule is CCCCCCSc1cc2c(cc1C#Cc1cnc(CC(=O)O)nc1)C(C)(C)CCO2. The van der Waals surface area contributed by atoms with Crippen molar-refractivity contribution in [3.8, 4) is 17.6 Å². The van der Waals surface area contributed by atoms with Crippen molar-refractivity contribution in [2.24, 2.45) is 0 Å². The standard InChI is InChI=1S/C25H30N2O3S/c1-4-5-6-7-12-31-22-14-21-20(25(2,3)10-11-30-21)13-19(22)9-8-18-16-26-23(27-17-18)15-24(28)29/h13-14,16-17H,4-7,10-12,15H2,1-3H3,(H,28,29). The molecule has 2 heterocycles. The molecule has 1 aliphatic heterocycles. The molecule has 1 aliphatic rings. The van der Waals surface area contributed by atoms with Crippen molar-refractivity contribution in [1.29, 1.82) is 0 Å². The number of fused-ring (bicyclic) bond motifs is 1. The van der Waals surface area contributed by atoms with Gasteiger partial charge >= 0.3 is 5.97 Å². The van der Waals surface area contributed by atoms with Gasteiger partial charge in [-0.2, -0.15) is 0 Å². The zero-order valence-electron chi connectivity index (χ0n) is 18.5. The summed E-state index contributed by atoms with van der Waals surface area (Å²) in [6.07, 6.45) is 8.90. The number of aromatic nitrogens is 2. The predicted molar refractivity (Wildman–Crippen MR) is 124 cm³/mol. The Hall–Kier alpha value is -2.52. The number of hydrogen-bond donors (Lipinski definition) is 1. The first kappa shape index (κ1) is 23.1. The van der Waals surface area contributed by atoms with Crippen molar-refractivity contribution in [2.75, 3.05) is 12.4 Å². The van der Waals surface area contributed by atoms with Crippen molar-refractivity contribution in [2.45, 2.75) is 69.6 Å². The summed E-state index contributed by atoms with van der Waals surface area (Å²) in [5, 5.41) is 8.86. The number of carboxylic acids is 1. The second-order valence-corrected chi connectivity index (χ2v) is 9.58. The lowest BCUT2D eigenvalue weighted by molar-refractivity contribution is -0.136. The van der Waals surface area contributed by atoms with E-state index in [1.807, 2.05) is 11.8 Å². The highest BCUT2D eigenvalue weighted by Crippen LogP contribution is 2.41. The largest absolute Gasteiger partial charge is 0.493 e. The zero-order valence-corrected chi connectivity index (χ0v) is 19.3. The molecule has 0 aliphatic carbocycles. The molecule has 0 spiro atoms. The third kappa shape index (κ3) is 6.48. The predicted octanol–water partition coefficient (Wildman–Crippen LogP) is 5.24. The van der Waals surface area contributed by atoms with Crippen LogP contribution in [0.25, 0.3) is 0 Å². The first-order valence-electron chi connectivity index (χ1n) is 10.9. The van der Waals surface area contributed by atoms with Gasteiger partial charge in [0.15, 0.2) is 0 Å². The van der Waals surface area contributed by atoms with Gasteiger partial charge in [-0.15, -0.1) is 11.8 Å². The zero-order chi connectivity index (χ0) is 22.3. The summed E-state index contributed by atoms with van der Waals surface area (Å²) in [6.45, 7) is 7.46. The van der Waals surface area contributed by atoms with Crippen LogP contribution in [0.15, 0.2) is 29.4 Å². The Labute approximate surface area is 189 Å². The smallest absolute Gasteiger partial charge is 0.311 e. The van der Waals surface area contributed by atoms with Crippen LogP contribution in [0.1, 0.15) is 75.4 Å². The third-order valence-corrected chi connectivity index (χ3v) is 6.55. The topological polar surface area (TPSA) is 72.3 Å². The van der Waals surface area contributed by atoms with E-state index in [2.05, 4.69) is 54.7 Å². The average molecular weight is 439 g/mol. The maximum atomic E-state index is 10.8. The molecule has 31 heavy (non-hydrogen) atoms. The number of carbonyl (C=O) groups is 1. The van der Waals surface area contributed by atoms with Gasteiger partial charge in [-0.05, 0) is 36.1 Å². The van der Waals surface area contributed by atoms with Gasteiger partial charge in [-0.25, -0.2) is 9.97 Å². The molecule has 0 unspecified atom stereocenters. The molecule has 0 atom stereocenters. The molecular weight excluding hydrogens is 408 g/mol. The van der Waals surface area contributed by atoms with Gasteiger partial charge in [0.05, 0.1) is 12.2 Å². The summed E-state index contributed by atoms with van der Waals surface area (Å²) in [5.41, 5.74) is 2.91. The Kier molecular flexibility index (Phi) is 7.97. The molecule has 2 aromatic rings. The van der Waals surface area contributed by atoms with Gasteiger partial charge in [0.25, 0.3) is 0 Å². The Morgan fingerprint density at radius 1 is 1.19 bits per heavy atom. The lowest BCUT2D eigenvalue weighted by Crippen LogP contribution is -2.26. The maximum absolute atomic E-state index is 10.8. The second kappa shape index (κ2) is 10.7. The molecule has 0 saturated heterocycles. The van der Waals surface area contributed by atoms with Gasteiger partial charge in [-0.3, -0.25) is 4.79 Å². The van der Waals surface area contributed by atoms with Crippen LogP contribution in [0.4, 0.5) is 0 Å². The highest BCUT2D eigenvalue weighted by atomic mass is 32.2. The van der Waals surface area contributed by atoms with E-state index in [1.165, 1.54) is 31.2 Å². The lowest BCUT2D eigenvalue weighted by atomic mass is 9.79. The molecule has 0 amide bonds. The second-order valence-electron chi connectivity index (χ2n) is 8.44. The lowest BCUT2D eigenvalue weighted by Gasteiger charge is -2.33. The van der Waals surface area contributed by atoms with Crippen LogP contribution < -0.4 is 4.74 Å². The fourth-order valence-electron chi connectivity index (χ4n) is 3.47. The van der Waals surface area contributed by atoms with Crippen molar-refractivity contribution < 1.29 is 14.6 Å². The van der Waals surface area contributed by atoms with Crippen LogP contribution >= 0.6 is 11.8 Å². The molecule has 1 N–H and O–H groups in total. The summed E-state index contributed by atoms with van der Waals surface area (Å²) in [7, 11) is 0. The summed E-state index contributed by atoms with van der Waals surface area (Å²) in [4.78, 5) is 20.1. The van der Waals surface area contributed by atoms with Gasteiger partial charge in [0.2, 0.25) is 0 Å². The average Bonchev–Trinajstić information content (AvgIpc) is 2.72. The van der Waals surface area contributed by atoms with E-state index >= 15 is 0 Å². The molecule has 3 rings (SSSR count). The van der Waals surface area contributed by atoms with Crippen molar-refractivity contribution in [3.63, 3.8) is 0 Å². The number of ether oxygens (including phenoxy) is 1. The highest BCUT2D eigenvalue weighted by molar-refractivity contribution is 7.99. The molecule has 1 aromatic carbocycles. The monoisotopic (exact) mass is 438 g/mol. The fraction of sp³-hybridized carbons (Fsp3) is 0.480. The minimum atomic E-state index is -0.946. The third-order valence-electron chi connectivity index (χ3n) is 5.41.